The summed E-state index contributed by atoms with van der Waals surface area (Å²) in [6.45, 7) is 6.36. The predicted octanol–water partition coefficient (Wildman–Crippen LogP) is 3.39. The highest BCUT2D eigenvalue weighted by Crippen LogP contribution is 2.58. The van der Waals surface area contributed by atoms with Gasteiger partial charge in [0.25, 0.3) is 0 Å². The van der Waals surface area contributed by atoms with Crippen LogP contribution in [0.5, 0.6) is 0 Å². The predicted molar refractivity (Wildman–Crippen MR) is 48.4 cm³/mol. The van der Waals surface area contributed by atoms with Gasteiger partial charge in [-0.15, -0.1) is 6.58 Å². The van der Waals surface area contributed by atoms with E-state index in [2.05, 4.69) is 19.6 Å². The molecule has 0 radical (unpaired) electrons. The third kappa shape index (κ3) is 0.881. The Bertz CT molecular complexity index is 165. The fraction of sp³-hybridized carbons (Fsp3) is 0.818. The van der Waals surface area contributed by atoms with Gasteiger partial charge in [0, 0.05) is 0 Å². The first-order valence-electron chi connectivity index (χ1n) is 4.91. The molecule has 11 heavy (non-hydrogen) atoms. The van der Waals surface area contributed by atoms with Crippen LogP contribution in [0.3, 0.4) is 0 Å². The van der Waals surface area contributed by atoms with Crippen LogP contribution in [0.25, 0.3) is 0 Å². The van der Waals surface area contributed by atoms with Crippen LogP contribution in [0.4, 0.5) is 0 Å². The second kappa shape index (κ2) is 2.36. The van der Waals surface area contributed by atoms with Crippen molar-refractivity contribution in [3.63, 3.8) is 0 Å². The SMILES string of the molecule is C=CC1C(C)CCC12CCC2. The maximum absolute atomic E-state index is 3.97. The van der Waals surface area contributed by atoms with E-state index in [0.717, 1.165) is 17.3 Å². The summed E-state index contributed by atoms with van der Waals surface area (Å²) in [6, 6.07) is 0. The third-order valence-corrected chi connectivity index (χ3v) is 4.02. The van der Waals surface area contributed by atoms with E-state index in [-0.39, 0.29) is 0 Å². The Morgan fingerprint density at radius 1 is 1.36 bits per heavy atom. The van der Waals surface area contributed by atoms with Gasteiger partial charge in [-0.3, -0.25) is 0 Å². The zero-order valence-corrected chi connectivity index (χ0v) is 7.47. The molecular formula is C11H18. The number of allylic oxidation sites excluding steroid dienone is 1. The van der Waals surface area contributed by atoms with E-state index in [1.807, 2.05) is 0 Å². The molecule has 2 saturated carbocycles. The van der Waals surface area contributed by atoms with Gasteiger partial charge in [-0.2, -0.15) is 0 Å². The van der Waals surface area contributed by atoms with Crippen LogP contribution < -0.4 is 0 Å². The van der Waals surface area contributed by atoms with Gasteiger partial charge in [-0.1, -0.05) is 19.4 Å². The molecule has 2 aliphatic rings. The quantitative estimate of drug-likeness (QED) is 0.503. The lowest BCUT2D eigenvalue weighted by atomic mass is 9.62. The van der Waals surface area contributed by atoms with E-state index < -0.39 is 0 Å². The molecule has 0 amide bonds. The van der Waals surface area contributed by atoms with Gasteiger partial charge in [0.1, 0.15) is 0 Å². The third-order valence-electron chi connectivity index (χ3n) is 4.02. The Balaban J connectivity index is 2.15. The van der Waals surface area contributed by atoms with Gasteiger partial charge in [-0.25, -0.2) is 0 Å². The Morgan fingerprint density at radius 3 is 2.45 bits per heavy atom. The van der Waals surface area contributed by atoms with E-state index in [1.54, 1.807) is 0 Å². The Labute approximate surface area is 69.7 Å². The smallest absolute Gasteiger partial charge is 0.0154 e. The minimum Gasteiger partial charge on any atom is -0.103 e. The minimum absolute atomic E-state index is 0.737. The molecule has 2 unspecified atom stereocenters. The van der Waals surface area contributed by atoms with Crippen molar-refractivity contribution in [3.8, 4) is 0 Å². The molecule has 0 N–H and O–H groups in total. The van der Waals surface area contributed by atoms with Crippen molar-refractivity contribution in [2.45, 2.75) is 39.0 Å². The van der Waals surface area contributed by atoms with Crippen LogP contribution in [-0.2, 0) is 0 Å². The second-order valence-electron chi connectivity index (χ2n) is 4.49. The molecule has 0 nitrogen and oxygen atoms in total. The van der Waals surface area contributed by atoms with Crippen molar-refractivity contribution < 1.29 is 0 Å². The van der Waals surface area contributed by atoms with Crippen LogP contribution in [-0.4, -0.2) is 0 Å². The van der Waals surface area contributed by atoms with Crippen molar-refractivity contribution in [3.05, 3.63) is 12.7 Å². The first-order chi connectivity index (χ1) is 5.28. The maximum atomic E-state index is 3.97. The lowest BCUT2D eigenvalue weighted by Gasteiger charge is -2.43. The Kier molecular flexibility index (Phi) is 1.59. The summed E-state index contributed by atoms with van der Waals surface area (Å²) in [5, 5.41) is 0. The number of hydrogen-bond donors (Lipinski definition) is 0. The summed E-state index contributed by atoms with van der Waals surface area (Å²) in [6.07, 6.45) is 9.57. The second-order valence-corrected chi connectivity index (χ2v) is 4.49. The Morgan fingerprint density at radius 2 is 2.09 bits per heavy atom. The lowest BCUT2D eigenvalue weighted by Crippen LogP contribution is -2.33. The summed E-state index contributed by atoms with van der Waals surface area (Å²) in [7, 11) is 0. The van der Waals surface area contributed by atoms with Gasteiger partial charge in [-0.05, 0) is 42.9 Å². The molecule has 2 aliphatic carbocycles. The van der Waals surface area contributed by atoms with Gasteiger partial charge < -0.3 is 0 Å². The van der Waals surface area contributed by atoms with Gasteiger partial charge >= 0.3 is 0 Å². The fourth-order valence-electron chi connectivity index (χ4n) is 3.16. The van der Waals surface area contributed by atoms with Crippen molar-refractivity contribution in [2.75, 3.05) is 0 Å². The van der Waals surface area contributed by atoms with Crippen LogP contribution in [0.1, 0.15) is 39.0 Å². The van der Waals surface area contributed by atoms with Gasteiger partial charge in [0.15, 0.2) is 0 Å². The molecule has 0 aliphatic heterocycles. The highest BCUT2D eigenvalue weighted by Gasteiger charge is 2.48. The highest BCUT2D eigenvalue weighted by atomic mass is 14.5. The molecular weight excluding hydrogens is 132 g/mol. The fourth-order valence-corrected chi connectivity index (χ4v) is 3.16. The zero-order valence-electron chi connectivity index (χ0n) is 7.47. The molecule has 0 heterocycles. The van der Waals surface area contributed by atoms with Crippen molar-refractivity contribution in [1.82, 2.24) is 0 Å². The van der Waals surface area contributed by atoms with E-state index in [1.165, 1.54) is 32.1 Å². The molecule has 0 saturated heterocycles. The van der Waals surface area contributed by atoms with Crippen LogP contribution in [0.15, 0.2) is 12.7 Å². The molecule has 0 heteroatoms. The van der Waals surface area contributed by atoms with Gasteiger partial charge in [0.05, 0.1) is 0 Å². The van der Waals surface area contributed by atoms with Crippen molar-refractivity contribution in [2.24, 2.45) is 17.3 Å². The number of rotatable bonds is 1. The maximum Gasteiger partial charge on any atom is -0.0154 e. The first-order valence-corrected chi connectivity index (χ1v) is 4.91. The van der Waals surface area contributed by atoms with E-state index >= 15 is 0 Å². The summed E-state index contributed by atoms with van der Waals surface area (Å²) in [4.78, 5) is 0. The van der Waals surface area contributed by atoms with Crippen LogP contribution >= 0.6 is 0 Å². The lowest BCUT2D eigenvalue weighted by molar-refractivity contribution is 0.0928. The minimum atomic E-state index is 0.737. The van der Waals surface area contributed by atoms with Crippen molar-refractivity contribution >= 4 is 0 Å². The number of hydrogen-bond acceptors (Lipinski definition) is 0. The topological polar surface area (TPSA) is 0 Å². The molecule has 2 rings (SSSR count). The summed E-state index contributed by atoms with van der Waals surface area (Å²) >= 11 is 0. The zero-order chi connectivity index (χ0) is 7.90. The molecule has 2 fully saturated rings. The molecule has 1 spiro atoms. The van der Waals surface area contributed by atoms with Gasteiger partial charge in [0.2, 0.25) is 0 Å². The Hall–Kier alpha value is -0.260. The summed E-state index contributed by atoms with van der Waals surface area (Å²) in [5.41, 5.74) is 0.737. The summed E-state index contributed by atoms with van der Waals surface area (Å²) in [5.74, 6) is 1.75. The van der Waals surface area contributed by atoms with Crippen molar-refractivity contribution in [1.29, 1.82) is 0 Å². The first kappa shape index (κ1) is 7.39. The molecule has 0 aromatic rings. The molecule has 0 aromatic carbocycles. The van der Waals surface area contributed by atoms with E-state index in [4.69, 9.17) is 0 Å². The molecule has 2 atom stereocenters. The average Bonchev–Trinajstić information content (AvgIpc) is 2.25. The highest BCUT2D eigenvalue weighted by molar-refractivity contribution is 5.06. The normalized spacial score (nSPS) is 40.5. The average molecular weight is 150 g/mol. The molecule has 62 valence electrons. The molecule has 0 aromatic heterocycles. The molecule has 0 bridgehead atoms. The van der Waals surface area contributed by atoms with E-state index in [9.17, 15) is 0 Å². The summed E-state index contributed by atoms with van der Waals surface area (Å²) < 4.78 is 0. The van der Waals surface area contributed by atoms with E-state index in [0.29, 0.717) is 0 Å². The largest absolute Gasteiger partial charge is 0.103 e. The van der Waals surface area contributed by atoms with Crippen LogP contribution in [0.2, 0.25) is 0 Å². The standard InChI is InChI=1S/C11H18/c1-3-10-9(2)5-8-11(10)6-4-7-11/h3,9-10H,1,4-8H2,2H3. The van der Waals surface area contributed by atoms with Crippen LogP contribution in [0, 0.1) is 17.3 Å². The monoisotopic (exact) mass is 150 g/mol.